The zero-order chi connectivity index (χ0) is 23.9. The molecule has 0 aromatic rings. The van der Waals surface area contributed by atoms with Gasteiger partial charge in [-0.3, -0.25) is 0 Å². The minimum Gasteiger partial charge on any atom is -0.396 e. The Hall–Kier alpha value is -0.120. The molecule has 0 aromatic heterocycles. The molecule has 10 atom stereocenters. The molecule has 0 bridgehead atoms. The number of hydrogen-bond acceptors (Lipinski definition) is 3. The Morgan fingerprint density at radius 3 is 2.03 bits per heavy atom. The van der Waals surface area contributed by atoms with Gasteiger partial charge in [-0.1, -0.05) is 48.5 Å². The Balaban J connectivity index is 1.43. The highest BCUT2D eigenvalue weighted by Gasteiger charge is 2.89. The number of hydrogen-bond donors (Lipinski definition) is 2. The summed E-state index contributed by atoms with van der Waals surface area (Å²) in [5.74, 6) is 2.43. The van der Waals surface area contributed by atoms with Crippen LogP contribution in [0.3, 0.4) is 0 Å². The molecule has 5 saturated carbocycles. The molecule has 5 aliphatic carbocycles. The predicted molar refractivity (Wildman–Crippen MR) is 132 cm³/mol. The van der Waals surface area contributed by atoms with E-state index >= 15 is 0 Å². The van der Waals surface area contributed by atoms with Crippen molar-refractivity contribution in [2.45, 2.75) is 130 Å². The van der Waals surface area contributed by atoms with Crippen LogP contribution in [0.15, 0.2) is 0 Å². The SMILES string of the molecule is CC(C)[C@]12CC[C@]3(CO)CC[C@]4(C)[C@H](CC[C@@H]5[C@@]6(C)CC[C@H](O)C(C)(C)[C@@H]6CC[C@]54C)[C@@]31O2. The zero-order valence-corrected chi connectivity index (χ0v) is 22.5. The monoisotopic (exact) mass is 458 g/mol. The highest BCUT2D eigenvalue weighted by Crippen LogP contribution is 2.84. The third kappa shape index (κ3) is 2.23. The molecule has 0 aromatic carbocycles. The molecular weight excluding hydrogens is 408 g/mol. The maximum atomic E-state index is 10.9. The van der Waals surface area contributed by atoms with Crippen molar-refractivity contribution in [3.05, 3.63) is 0 Å². The quantitative estimate of drug-likeness (QED) is 0.474. The topological polar surface area (TPSA) is 53.0 Å². The molecule has 188 valence electrons. The maximum Gasteiger partial charge on any atom is 0.109 e. The van der Waals surface area contributed by atoms with E-state index < -0.39 is 0 Å². The van der Waals surface area contributed by atoms with Crippen LogP contribution in [0.2, 0.25) is 0 Å². The van der Waals surface area contributed by atoms with Crippen LogP contribution in [0.5, 0.6) is 0 Å². The highest BCUT2D eigenvalue weighted by molar-refractivity contribution is 5.36. The molecule has 3 heteroatoms. The number of epoxide rings is 1. The molecule has 0 radical (unpaired) electrons. The lowest BCUT2D eigenvalue weighted by molar-refractivity contribution is -0.252. The van der Waals surface area contributed by atoms with Gasteiger partial charge in [-0.25, -0.2) is 0 Å². The lowest BCUT2D eigenvalue weighted by Crippen LogP contribution is -2.69. The minimum atomic E-state index is -0.157. The van der Waals surface area contributed by atoms with Gasteiger partial charge in [0, 0.05) is 5.41 Å². The van der Waals surface area contributed by atoms with Gasteiger partial charge in [0.05, 0.1) is 12.7 Å². The molecule has 6 rings (SSSR count). The van der Waals surface area contributed by atoms with E-state index in [9.17, 15) is 10.2 Å². The van der Waals surface area contributed by atoms with Crippen LogP contribution in [0.1, 0.15) is 113 Å². The summed E-state index contributed by atoms with van der Waals surface area (Å²) in [5, 5.41) is 21.7. The molecular formula is C30H50O3. The van der Waals surface area contributed by atoms with E-state index in [1.807, 2.05) is 0 Å². The van der Waals surface area contributed by atoms with E-state index in [4.69, 9.17) is 4.74 Å². The standard InChI is InChI=1S/C30H50O3/c1-19(2)29-17-16-28(18-31)15-14-27(7)22(30(28,29)33-29)9-8-21-25(5)12-11-23(32)24(3,4)20(25)10-13-26(21,27)6/h19-23,31-32H,8-18H2,1-7H3/t20-,21+,22-,23-,25-,26+,27+,28-,29+,30+/m0/s1. The highest BCUT2D eigenvalue weighted by atomic mass is 16.6. The first kappa shape index (κ1) is 23.3. The first-order valence-electron chi connectivity index (χ1n) is 14.3. The second-order valence-electron chi connectivity index (χ2n) is 15.3. The summed E-state index contributed by atoms with van der Waals surface area (Å²) in [5.41, 5.74) is 0.815. The van der Waals surface area contributed by atoms with Gasteiger partial charge in [0.15, 0.2) is 0 Å². The van der Waals surface area contributed by atoms with Gasteiger partial charge in [-0.15, -0.1) is 0 Å². The van der Waals surface area contributed by atoms with Gasteiger partial charge in [-0.05, 0) is 110 Å². The van der Waals surface area contributed by atoms with Crippen molar-refractivity contribution in [1.82, 2.24) is 0 Å². The Morgan fingerprint density at radius 2 is 1.39 bits per heavy atom. The van der Waals surface area contributed by atoms with Gasteiger partial charge in [0.25, 0.3) is 0 Å². The summed E-state index contributed by atoms with van der Waals surface area (Å²) >= 11 is 0. The van der Waals surface area contributed by atoms with Crippen molar-refractivity contribution >= 4 is 0 Å². The van der Waals surface area contributed by atoms with Crippen molar-refractivity contribution in [2.75, 3.05) is 6.61 Å². The van der Waals surface area contributed by atoms with Crippen LogP contribution in [0, 0.1) is 50.7 Å². The van der Waals surface area contributed by atoms with E-state index in [1.165, 1.54) is 38.5 Å². The summed E-state index contributed by atoms with van der Waals surface area (Å²) in [4.78, 5) is 0. The van der Waals surface area contributed by atoms with Crippen LogP contribution in [0.4, 0.5) is 0 Å². The molecule has 1 saturated heterocycles. The van der Waals surface area contributed by atoms with Crippen molar-refractivity contribution in [3.8, 4) is 0 Å². The Kier molecular flexibility index (Phi) is 4.52. The second-order valence-corrected chi connectivity index (χ2v) is 15.3. The van der Waals surface area contributed by atoms with Crippen LogP contribution in [-0.4, -0.2) is 34.1 Å². The first-order valence-corrected chi connectivity index (χ1v) is 14.3. The van der Waals surface area contributed by atoms with Crippen molar-refractivity contribution in [1.29, 1.82) is 0 Å². The lowest BCUT2D eigenvalue weighted by Gasteiger charge is -2.72. The van der Waals surface area contributed by atoms with E-state index in [0.717, 1.165) is 31.6 Å². The zero-order valence-electron chi connectivity index (χ0n) is 22.5. The summed E-state index contributed by atoms with van der Waals surface area (Å²) in [6, 6.07) is 0. The average molecular weight is 459 g/mol. The molecule has 6 aliphatic rings. The number of fused-ring (bicyclic) bond motifs is 5. The molecule has 0 unspecified atom stereocenters. The normalized spacial score (nSPS) is 60.9. The molecule has 0 amide bonds. The number of ether oxygens (including phenoxy) is 1. The van der Waals surface area contributed by atoms with Gasteiger partial charge < -0.3 is 14.9 Å². The summed E-state index contributed by atoms with van der Waals surface area (Å²) in [7, 11) is 0. The fourth-order valence-electron chi connectivity index (χ4n) is 12.4. The third-order valence-corrected chi connectivity index (χ3v) is 14.4. The molecule has 1 aliphatic heterocycles. The fraction of sp³-hybridized carbons (Fsp3) is 1.00. The molecule has 33 heavy (non-hydrogen) atoms. The Bertz CT molecular complexity index is 851. The van der Waals surface area contributed by atoms with E-state index in [0.29, 0.717) is 35.2 Å². The van der Waals surface area contributed by atoms with Crippen molar-refractivity contribution in [3.63, 3.8) is 0 Å². The van der Waals surface area contributed by atoms with Crippen LogP contribution in [-0.2, 0) is 4.74 Å². The van der Waals surface area contributed by atoms with E-state index in [-0.39, 0.29) is 33.6 Å². The third-order valence-electron chi connectivity index (χ3n) is 14.4. The lowest BCUT2D eigenvalue weighted by atomic mass is 9.32. The number of aliphatic hydroxyl groups excluding tert-OH is 2. The summed E-state index contributed by atoms with van der Waals surface area (Å²) < 4.78 is 7.03. The molecule has 6 fully saturated rings. The largest absolute Gasteiger partial charge is 0.396 e. The van der Waals surface area contributed by atoms with E-state index in [1.54, 1.807) is 0 Å². The first-order chi connectivity index (χ1) is 15.3. The smallest absolute Gasteiger partial charge is 0.109 e. The van der Waals surface area contributed by atoms with E-state index in [2.05, 4.69) is 48.5 Å². The predicted octanol–water partition coefficient (Wildman–Crippen LogP) is 6.35. The Morgan fingerprint density at radius 1 is 0.758 bits per heavy atom. The van der Waals surface area contributed by atoms with Gasteiger partial charge in [0.1, 0.15) is 11.2 Å². The van der Waals surface area contributed by atoms with Crippen LogP contribution in [0.25, 0.3) is 0 Å². The van der Waals surface area contributed by atoms with Gasteiger partial charge in [-0.2, -0.15) is 0 Å². The minimum absolute atomic E-state index is 0.00329. The summed E-state index contributed by atoms with van der Waals surface area (Å²) in [6.07, 6.45) is 11.8. The molecule has 1 spiro atoms. The van der Waals surface area contributed by atoms with Crippen molar-refractivity contribution < 1.29 is 14.9 Å². The molecule has 3 nitrogen and oxygen atoms in total. The number of aliphatic hydroxyl groups is 2. The second kappa shape index (κ2) is 6.41. The van der Waals surface area contributed by atoms with Gasteiger partial charge in [0.2, 0.25) is 0 Å². The molecule has 2 N–H and O–H groups in total. The fourth-order valence-corrected chi connectivity index (χ4v) is 12.4. The van der Waals surface area contributed by atoms with Crippen molar-refractivity contribution in [2.24, 2.45) is 50.7 Å². The van der Waals surface area contributed by atoms with Crippen LogP contribution < -0.4 is 0 Å². The number of rotatable bonds is 2. The van der Waals surface area contributed by atoms with Crippen LogP contribution >= 0.6 is 0 Å². The maximum absolute atomic E-state index is 10.9. The molecule has 1 heterocycles. The summed E-state index contributed by atoms with van der Waals surface area (Å²) in [6.45, 7) is 17.7. The van der Waals surface area contributed by atoms with Gasteiger partial charge >= 0.3 is 0 Å². The Labute approximate surface area is 202 Å². The average Bonchev–Trinajstić information content (AvgIpc) is 3.35.